The largest absolute Gasteiger partial charge is 0.474 e. The number of halogens is 1. The summed E-state index contributed by atoms with van der Waals surface area (Å²) in [5, 5.41) is 0.863. The van der Waals surface area contributed by atoms with Gasteiger partial charge in [-0.15, -0.1) is 9.24 Å². The summed E-state index contributed by atoms with van der Waals surface area (Å²) in [6.45, 7) is 0. The zero-order chi connectivity index (χ0) is 20.5. The number of hydrogen-bond acceptors (Lipinski definition) is 3. The molecule has 5 rings (SSSR count). The molecule has 0 saturated heterocycles. The molecule has 152 valence electrons. The maximum Gasteiger partial charge on any atom is 0.213 e. The Balaban J connectivity index is 1.31. The van der Waals surface area contributed by atoms with Crippen LogP contribution in [0, 0.1) is 5.82 Å². The van der Waals surface area contributed by atoms with Gasteiger partial charge in [-0.1, -0.05) is 36.4 Å². The van der Waals surface area contributed by atoms with Crippen LogP contribution in [0.1, 0.15) is 49.3 Å². The van der Waals surface area contributed by atoms with Gasteiger partial charge >= 0.3 is 0 Å². The molecule has 2 aliphatic rings. The molecule has 2 heterocycles. The number of benzene rings is 2. The van der Waals surface area contributed by atoms with E-state index < -0.39 is 0 Å². The zero-order valence-electron chi connectivity index (χ0n) is 16.7. The Labute approximate surface area is 178 Å². The van der Waals surface area contributed by atoms with Crippen LogP contribution in [-0.4, -0.2) is 16.8 Å². The molecule has 5 heteroatoms. The van der Waals surface area contributed by atoms with E-state index in [1.165, 1.54) is 12.5 Å². The SMILES string of the molecule is Fc1cccc(P)c1C1=NC(c2ccc(-c3ccc(OC4CCC4)nc3)cc2)CC1. The quantitative estimate of drug-likeness (QED) is 0.502. The van der Waals surface area contributed by atoms with E-state index in [1.54, 1.807) is 6.07 Å². The van der Waals surface area contributed by atoms with Crippen molar-refractivity contribution in [2.75, 3.05) is 0 Å². The third-order valence-corrected chi connectivity index (χ3v) is 6.49. The smallest absolute Gasteiger partial charge is 0.213 e. The summed E-state index contributed by atoms with van der Waals surface area (Å²) < 4.78 is 20.1. The average molecular weight is 418 g/mol. The molecular weight excluding hydrogens is 394 g/mol. The van der Waals surface area contributed by atoms with Crippen LogP contribution < -0.4 is 10.0 Å². The molecule has 30 heavy (non-hydrogen) atoms. The first-order valence-corrected chi connectivity index (χ1v) is 11.1. The first-order chi connectivity index (χ1) is 14.7. The Morgan fingerprint density at radius 3 is 2.40 bits per heavy atom. The van der Waals surface area contributed by atoms with Gasteiger partial charge < -0.3 is 4.74 Å². The van der Waals surface area contributed by atoms with Crippen LogP contribution in [0.15, 0.2) is 65.8 Å². The van der Waals surface area contributed by atoms with Gasteiger partial charge in [0.2, 0.25) is 5.88 Å². The number of aromatic nitrogens is 1. The van der Waals surface area contributed by atoms with Gasteiger partial charge in [-0.05, 0) is 60.7 Å². The molecule has 0 N–H and O–H groups in total. The molecule has 1 aromatic heterocycles. The lowest BCUT2D eigenvalue weighted by atomic mass is 9.96. The van der Waals surface area contributed by atoms with E-state index in [-0.39, 0.29) is 11.9 Å². The molecule has 2 unspecified atom stereocenters. The molecule has 2 aromatic carbocycles. The lowest BCUT2D eigenvalue weighted by Crippen LogP contribution is -2.24. The molecule has 1 aliphatic carbocycles. The molecule has 2 atom stereocenters. The minimum atomic E-state index is -0.200. The van der Waals surface area contributed by atoms with Crippen LogP contribution in [0.5, 0.6) is 5.88 Å². The van der Waals surface area contributed by atoms with E-state index in [1.807, 2.05) is 18.3 Å². The second kappa shape index (κ2) is 8.28. The topological polar surface area (TPSA) is 34.5 Å². The van der Waals surface area contributed by atoms with Crippen molar-refractivity contribution < 1.29 is 9.13 Å². The number of hydrogen-bond donors (Lipinski definition) is 0. The third-order valence-electron chi connectivity index (χ3n) is 6.01. The van der Waals surface area contributed by atoms with Crippen LogP contribution in [0.25, 0.3) is 11.1 Å². The Bertz CT molecular complexity index is 1060. The molecule has 0 bridgehead atoms. The lowest BCUT2D eigenvalue weighted by molar-refractivity contribution is 0.114. The minimum Gasteiger partial charge on any atom is -0.474 e. The van der Waals surface area contributed by atoms with E-state index in [4.69, 9.17) is 9.73 Å². The van der Waals surface area contributed by atoms with E-state index in [0.717, 1.165) is 53.4 Å². The van der Waals surface area contributed by atoms with E-state index in [0.29, 0.717) is 17.5 Å². The summed E-state index contributed by atoms with van der Waals surface area (Å²) in [6.07, 6.45) is 7.42. The molecule has 3 aromatic rings. The fourth-order valence-electron chi connectivity index (χ4n) is 4.04. The van der Waals surface area contributed by atoms with E-state index in [9.17, 15) is 4.39 Å². The van der Waals surface area contributed by atoms with Gasteiger partial charge in [0.25, 0.3) is 0 Å². The van der Waals surface area contributed by atoms with Crippen LogP contribution in [0.2, 0.25) is 0 Å². The summed E-state index contributed by atoms with van der Waals surface area (Å²) in [7, 11) is 2.62. The van der Waals surface area contributed by atoms with Crippen molar-refractivity contribution in [3.63, 3.8) is 0 Å². The average Bonchev–Trinajstić information content (AvgIpc) is 3.21. The number of aliphatic imine (C=N–C) groups is 1. The predicted molar refractivity (Wildman–Crippen MR) is 122 cm³/mol. The molecule has 0 spiro atoms. The Hall–Kier alpha value is -2.58. The van der Waals surface area contributed by atoms with Gasteiger partial charge in [-0.2, -0.15) is 0 Å². The van der Waals surface area contributed by atoms with Crippen molar-refractivity contribution in [3.05, 3.63) is 77.7 Å². The van der Waals surface area contributed by atoms with Crippen LogP contribution in [-0.2, 0) is 0 Å². The normalized spacial score (nSPS) is 18.7. The third kappa shape index (κ3) is 3.89. The fraction of sp³-hybridized carbons (Fsp3) is 0.280. The molecule has 1 aliphatic heterocycles. The van der Waals surface area contributed by atoms with Crippen molar-refractivity contribution >= 4 is 20.3 Å². The minimum absolute atomic E-state index is 0.0782. The fourth-order valence-corrected chi connectivity index (χ4v) is 4.46. The van der Waals surface area contributed by atoms with Gasteiger partial charge in [0.05, 0.1) is 6.04 Å². The highest BCUT2D eigenvalue weighted by molar-refractivity contribution is 7.27. The molecule has 1 saturated carbocycles. The van der Waals surface area contributed by atoms with Crippen LogP contribution in [0.4, 0.5) is 4.39 Å². The molecule has 3 nitrogen and oxygen atoms in total. The Morgan fingerprint density at radius 2 is 1.73 bits per heavy atom. The van der Waals surface area contributed by atoms with Crippen LogP contribution in [0.3, 0.4) is 0 Å². The second-order valence-corrected chi connectivity index (χ2v) is 8.63. The highest BCUT2D eigenvalue weighted by Gasteiger charge is 2.23. The molecule has 0 radical (unpaired) electrons. The highest BCUT2D eigenvalue weighted by Crippen LogP contribution is 2.33. The maximum absolute atomic E-state index is 14.3. The maximum atomic E-state index is 14.3. The first-order valence-electron chi connectivity index (χ1n) is 10.5. The standard InChI is InChI=1S/C25H24FN2OP/c26-20-5-2-6-23(30)25(20)22-13-12-21(28-22)17-9-7-16(8-10-17)18-11-14-24(27-15-18)29-19-3-1-4-19/h2,5-11,14-15,19,21H,1,3-4,12-13,30H2. The monoisotopic (exact) mass is 418 g/mol. The van der Waals surface area contributed by atoms with Gasteiger partial charge in [0, 0.05) is 29.1 Å². The van der Waals surface area contributed by atoms with Crippen molar-refractivity contribution in [1.82, 2.24) is 4.98 Å². The number of nitrogens with zero attached hydrogens (tertiary/aromatic N) is 2. The summed E-state index contributed by atoms with van der Waals surface area (Å²) in [5.41, 5.74) is 4.84. The van der Waals surface area contributed by atoms with Gasteiger partial charge in [0.15, 0.2) is 0 Å². The first kappa shape index (κ1) is 19.4. The van der Waals surface area contributed by atoms with Gasteiger partial charge in [-0.3, -0.25) is 4.99 Å². The van der Waals surface area contributed by atoms with Crippen molar-refractivity contribution in [1.29, 1.82) is 0 Å². The van der Waals surface area contributed by atoms with Crippen molar-refractivity contribution in [2.24, 2.45) is 4.99 Å². The van der Waals surface area contributed by atoms with Crippen LogP contribution >= 0.6 is 9.24 Å². The summed E-state index contributed by atoms with van der Waals surface area (Å²) in [4.78, 5) is 9.29. The number of pyridine rings is 1. The summed E-state index contributed by atoms with van der Waals surface area (Å²) >= 11 is 0. The summed E-state index contributed by atoms with van der Waals surface area (Å²) in [6, 6.07) is 17.7. The predicted octanol–water partition coefficient (Wildman–Crippen LogP) is 5.64. The molecule has 1 fully saturated rings. The van der Waals surface area contributed by atoms with E-state index in [2.05, 4.69) is 44.6 Å². The Morgan fingerprint density at radius 1 is 0.933 bits per heavy atom. The lowest BCUT2D eigenvalue weighted by Gasteiger charge is -2.25. The zero-order valence-corrected chi connectivity index (χ0v) is 17.9. The number of rotatable bonds is 5. The molecular formula is C25H24FN2OP. The van der Waals surface area contributed by atoms with Gasteiger partial charge in [-0.25, -0.2) is 9.37 Å². The van der Waals surface area contributed by atoms with Crippen molar-refractivity contribution in [3.8, 4) is 17.0 Å². The Kier molecular flexibility index (Phi) is 5.35. The second-order valence-electron chi connectivity index (χ2n) is 8.01. The highest BCUT2D eigenvalue weighted by atomic mass is 31.0. The molecule has 0 amide bonds. The van der Waals surface area contributed by atoms with E-state index >= 15 is 0 Å². The van der Waals surface area contributed by atoms with Crippen molar-refractivity contribution in [2.45, 2.75) is 44.2 Å². The van der Waals surface area contributed by atoms with Gasteiger partial charge in [0.1, 0.15) is 11.9 Å². The summed E-state index contributed by atoms with van der Waals surface area (Å²) in [5.74, 6) is 0.504. The number of ether oxygens (including phenoxy) is 1.